The van der Waals surface area contributed by atoms with Crippen molar-refractivity contribution in [3.63, 3.8) is 0 Å². The maximum atomic E-state index is 12.7. The van der Waals surface area contributed by atoms with Gasteiger partial charge in [-0.3, -0.25) is 9.69 Å². The minimum absolute atomic E-state index is 0.00232. The summed E-state index contributed by atoms with van der Waals surface area (Å²) >= 11 is 6.25. The van der Waals surface area contributed by atoms with Crippen LogP contribution in [0.1, 0.15) is 34.3 Å². The standard InChI is InChI=1S/C22H25ClN2O3/c1-15-18(22(27)28-2)7-5-9-20(15)24-21(26)16-10-12-25(13-11-16)14-17-6-3-4-8-19(17)23/h3-9,16H,10-14H2,1-2H3,(H,24,26). The maximum absolute atomic E-state index is 12.7. The molecule has 0 aromatic heterocycles. The van der Waals surface area contributed by atoms with Crippen molar-refractivity contribution >= 4 is 29.2 Å². The third kappa shape index (κ3) is 4.72. The van der Waals surface area contributed by atoms with Crippen molar-refractivity contribution in [2.45, 2.75) is 26.3 Å². The van der Waals surface area contributed by atoms with Crippen LogP contribution in [0.3, 0.4) is 0 Å². The number of hydrogen-bond acceptors (Lipinski definition) is 4. The van der Waals surface area contributed by atoms with Crippen molar-refractivity contribution < 1.29 is 14.3 Å². The van der Waals surface area contributed by atoms with Gasteiger partial charge in [-0.2, -0.15) is 0 Å². The highest BCUT2D eigenvalue weighted by Gasteiger charge is 2.26. The first kappa shape index (κ1) is 20.4. The summed E-state index contributed by atoms with van der Waals surface area (Å²) in [4.78, 5) is 26.9. The van der Waals surface area contributed by atoms with E-state index in [4.69, 9.17) is 16.3 Å². The van der Waals surface area contributed by atoms with Crippen molar-refractivity contribution in [3.05, 3.63) is 64.2 Å². The Morgan fingerprint density at radius 1 is 1.14 bits per heavy atom. The van der Waals surface area contributed by atoms with E-state index in [-0.39, 0.29) is 11.8 Å². The molecule has 1 aliphatic rings. The molecule has 0 aliphatic carbocycles. The van der Waals surface area contributed by atoms with Gasteiger partial charge in [0.05, 0.1) is 12.7 Å². The lowest BCUT2D eigenvalue weighted by Crippen LogP contribution is -2.37. The molecule has 28 heavy (non-hydrogen) atoms. The van der Waals surface area contributed by atoms with Crippen LogP contribution in [0.25, 0.3) is 0 Å². The van der Waals surface area contributed by atoms with E-state index in [0.29, 0.717) is 11.3 Å². The third-order valence-corrected chi connectivity index (χ3v) is 5.68. The Balaban J connectivity index is 1.57. The number of amides is 1. The van der Waals surface area contributed by atoms with Crippen LogP contribution in [-0.4, -0.2) is 37.0 Å². The van der Waals surface area contributed by atoms with Crippen molar-refractivity contribution in [3.8, 4) is 0 Å². The Kier molecular flexibility index (Phi) is 6.70. The lowest BCUT2D eigenvalue weighted by Gasteiger charge is -2.31. The minimum Gasteiger partial charge on any atom is -0.465 e. The monoisotopic (exact) mass is 400 g/mol. The second-order valence-corrected chi connectivity index (χ2v) is 7.51. The van der Waals surface area contributed by atoms with Gasteiger partial charge < -0.3 is 10.1 Å². The fraction of sp³-hybridized carbons (Fsp3) is 0.364. The molecule has 0 radical (unpaired) electrons. The number of piperidine rings is 1. The number of benzene rings is 2. The number of rotatable bonds is 5. The second-order valence-electron chi connectivity index (χ2n) is 7.10. The lowest BCUT2D eigenvalue weighted by atomic mass is 9.95. The zero-order chi connectivity index (χ0) is 20.1. The van der Waals surface area contributed by atoms with Crippen LogP contribution < -0.4 is 5.32 Å². The molecule has 1 saturated heterocycles. The molecule has 0 spiro atoms. The predicted molar refractivity (Wildman–Crippen MR) is 111 cm³/mol. The zero-order valence-corrected chi connectivity index (χ0v) is 17.0. The molecule has 0 unspecified atom stereocenters. The Morgan fingerprint density at radius 2 is 1.86 bits per heavy atom. The van der Waals surface area contributed by atoms with E-state index < -0.39 is 5.97 Å². The number of nitrogens with zero attached hydrogens (tertiary/aromatic N) is 1. The average Bonchev–Trinajstić information content (AvgIpc) is 2.71. The molecule has 1 N–H and O–H groups in total. The first-order valence-electron chi connectivity index (χ1n) is 9.44. The molecular weight excluding hydrogens is 376 g/mol. The van der Waals surface area contributed by atoms with Crippen LogP contribution in [0, 0.1) is 12.8 Å². The molecule has 0 atom stereocenters. The molecule has 1 fully saturated rings. The van der Waals surface area contributed by atoms with E-state index >= 15 is 0 Å². The summed E-state index contributed by atoms with van der Waals surface area (Å²) in [7, 11) is 1.35. The van der Waals surface area contributed by atoms with Crippen molar-refractivity contribution in [1.82, 2.24) is 4.90 Å². The summed E-state index contributed by atoms with van der Waals surface area (Å²) in [6.45, 7) is 4.32. The highest BCUT2D eigenvalue weighted by Crippen LogP contribution is 2.25. The zero-order valence-electron chi connectivity index (χ0n) is 16.2. The molecule has 148 valence electrons. The molecule has 2 aromatic carbocycles. The maximum Gasteiger partial charge on any atom is 0.338 e. The molecule has 0 bridgehead atoms. The molecule has 5 nitrogen and oxygen atoms in total. The molecule has 6 heteroatoms. The van der Waals surface area contributed by atoms with E-state index in [1.54, 1.807) is 12.1 Å². The van der Waals surface area contributed by atoms with Crippen molar-refractivity contribution in [2.24, 2.45) is 5.92 Å². The quantitative estimate of drug-likeness (QED) is 0.761. The van der Waals surface area contributed by atoms with E-state index in [0.717, 1.165) is 48.6 Å². The van der Waals surface area contributed by atoms with Gasteiger partial charge in [0.1, 0.15) is 0 Å². The fourth-order valence-electron chi connectivity index (χ4n) is 3.56. The summed E-state index contributed by atoms with van der Waals surface area (Å²) < 4.78 is 4.80. The topological polar surface area (TPSA) is 58.6 Å². The number of methoxy groups -OCH3 is 1. The van der Waals surface area contributed by atoms with Crippen molar-refractivity contribution in [2.75, 3.05) is 25.5 Å². The van der Waals surface area contributed by atoms with Gasteiger partial charge in [0.15, 0.2) is 0 Å². The number of carbonyl (C=O) groups is 2. The van der Waals surface area contributed by atoms with Crippen LogP contribution in [0.5, 0.6) is 0 Å². The molecule has 1 amide bonds. The number of halogens is 1. The predicted octanol–water partition coefficient (Wildman–Crippen LogP) is 4.29. The number of likely N-dealkylation sites (tertiary alicyclic amines) is 1. The minimum atomic E-state index is -0.401. The Morgan fingerprint density at radius 3 is 2.54 bits per heavy atom. The third-order valence-electron chi connectivity index (χ3n) is 5.31. The Hall–Kier alpha value is -2.37. The second kappa shape index (κ2) is 9.22. The number of esters is 1. The normalized spacial score (nSPS) is 15.2. The van der Waals surface area contributed by atoms with E-state index in [1.165, 1.54) is 7.11 Å². The number of hydrogen-bond donors (Lipinski definition) is 1. The first-order chi connectivity index (χ1) is 13.5. The molecule has 1 heterocycles. The summed E-state index contributed by atoms with van der Waals surface area (Å²) in [5.74, 6) is -0.437. The van der Waals surface area contributed by atoms with Gasteiger partial charge in [-0.15, -0.1) is 0 Å². The van der Waals surface area contributed by atoms with Gasteiger partial charge in [0.2, 0.25) is 5.91 Å². The number of carbonyl (C=O) groups excluding carboxylic acids is 2. The Bertz CT molecular complexity index is 861. The highest BCUT2D eigenvalue weighted by molar-refractivity contribution is 6.31. The summed E-state index contributed by atoms with van der Waals surface area (Å²) in [5, 5.41) is 3.77. The average molecular weight is 401 g/mol. The largest absolute Gasteiger partial charge is 0.465 e. The SMILES string of the molecule is COC(=O)c1cccc(NC(=O)C2CCN(Cc3ccccc3Cl)CC2)c1C. The van der Waals surface area contributed by atoms with Crippen LogP contribution in [0.2, 0.25) is 5.02 Å². The van der Waals surface area contributed by atoms with Gasteiger partial charge in [0.25, 0.3) is 0 Å². The summed E-state index contributed by atoms with van der Waals surface area (Å²) in [6, 6.07) is 13.1. The van der Waals surface area contributed by atoms with Crippen LogP contribution in [0.4, 0.5) is 5.69 Å². The van der Waals surface area contributed by atoms with Gasteiger partial charge >= 0.3 is 5.97 Å². The first-order valence-corrected chi connectivity index (χ1v) is 9.82. The lowest BCUT2D eigenvalue weighted by molar-refractivity contribution is -0.121. The van der Waals surface area contributed by atoms with Crippen LogP contribution >= 0.6 is 11.6 Å². The van der Waals surface area contributed by atoms with Crippen molar-refractivity contribution in [1.29, 1.82) is 0 Å². The number of ether oxygens (including phenoxy) is 1. The molecule has 2 aromatic rings. The van der Waals surface area contributed by atoms with Gasteiger partial charge in [0, 0.05) is 23.2 Å². The van der Waals surface area contributed by atoms with Crippen LogP contribution in [0.15, 0.2) is 42.5 Å². The van der Waals surface area contributed by atoms with E-state index in [2.05, 4.69) is 10.2 Å². The smallest absolute Gasteiger partial charge is 0.338 e. The fourth-order valence-corrected chi connectivity index (χ4v) is 3.75. The highest BCUT2D eigenvalue weighted by atomic mass is 35.5. The van der Waals surface area contributed by atoms with Gasteiger partial charge in [-0.05, 0) is 62.2 Å². The summed E-state index contributed by atoms with van der Waals surface area (Å²) in [5.41, 5.74) is 2.96. The Labute approximate surface area is 170 Å². The number of anilines is 1. The van der Waals surface area contributed by atoms with Gasteiger partial charge in [-0.25, -0.2) is 4.79 Å². The number of nitrogens with one attached hydrogen (secondary N) is 1. The van der Waals surface area contributed by atoms with E-state index in [9.17, 15) is 9.59 Å². The molecule has 3 rings (SSSR count). The molecular formula is C22H25ClN2O3. The molecule has 0 saturated carbocycles. The summed E-state index contributed by atoms with van der Waals surface area (Å²) in [6.07, 6.45) is 1.60. The van der Waals surface area contributed by atoms with Crippen LogP contribution in [-0.2, 0) is 16.1 Å². The van der Waals surface area contributed by atoms with E-state index in [1.807, 2.05) is 37.3 Å². The molecule has 1 aliphatic heterocycles. The van der Waals surface area contributed by atoms with Gasteiger partial charge in [-0.1, -0.05) is 35.9 Å².